The number of H-pyrrole nitrogens is 1. The first-order valence-corrected chi connectivity index (χ1v) is 7.35. The van der Waals surface area contributed by atoms with Crippen molar-refractivity contribution in [3.05, 3.63) is 23.0 Å². The lowest BCUT2D eigenvalue weighted by Gasteiger charge is -2.34. The topological polar surface area (TPSA) is 29.9 Å². The largest absolute Gasteiger partial charge is 0.494 e. The summed E-state index contributed by atoms with van der Waals surface area (Å²) < 4.78 is 8.38. The SMILES string of the molecule is COc1cccc2c1[nH]c(=S)n2C(C)(C)CC(C)(C)C. The molecule has 0 saturated heterocycles. The number of fused-ring (bicyclic) bond motifs is 1. The van der Waals surface area contributed by atoms with Gasteiger partial charge in [-0.15, -0.1) is 0 Å². The van der Waals surface area contributed by atoms with Crippen LogP contribution in [0.3, 0.4) is 0 Å². The molecule has 0 amide bonds. The summed E-state index contributed by atoms with van der Waals surface area (Å²) >= 11 is 5.55. The third kappa shape index (κ3) is 2.75. The Morgan fingerprint density at radius 1 is 1.20 bits per heavy atom. The Bertz CT molecular complexity index is 674. The molecule has 20 heavy (non-hydrogen) atoms. The van der Waals surface area contributed by atoms with Crippen LogP contribution in [0.25, 0.3) is 11.0 Å². The molecule has 0 unspecified atom stereocenters. The zero-order valence-corrected chi connectivity index (χ0v) is 14.0. The molecular formula is C16H24N2OS. The zero-order valence-electron chi connectivity index (χ0n) is 13.2. The fourth-order valence-electron chi connectivity index (χ4n) is 3.25. The van der Waals surface area contributed by atoms with E-state index in [0.29, 0.717) is 0 Å². The smallest absolute Gasteiger partial charge is 0.178 e. The highest BCUT2D eigenvalue weighted by Crippen LogP contribution is 2.36. The van der Waals surface area contributed by atoms with E-state index in [9.17, 15) is 0 Å². The van der Waals surface area contributed by atoms with Crippen molar-refractivity contribution in [2.24, 2.45) is 5.41 Å². The maximum atomic E-state index is 5.55. The molecule has 0 saturated carbocycles. The van der Waals surface area contributed by atoms with Crippen LogP contribution in [0, 0.1) is 10.2 Å². The lowest BCUT2D eigenvalue weighted by Crippen LogP contribution is -2.31. The number of benzene rings is 1. The van der Waals surface area contributed by atoms with E-state index >= 15 is 0 Å². The van der Waals surface area contributed by atoms with Crippen LogP contribution in [0.4, 0.5) is 0 Å². The van der Waals surface area contributed by atoms with E-state index in [1.54, 1.807) is 7.11 Å². The molecule has 0 aliphatic heterocycles. The Morgan fingerprint density at radius 2 is 1.85 bits per heavy atom. The Labute approximate surface area is 126 Å². The fourth-order valence-corrected chi connectivity index (χ4v) is 3.70. The van der Waals surface area contributed by atoms with Crippen molar-refractivity contribution < 1.29 is 4.74 Å². The fraction of sp³-hybridized carbons (Fsp3) is 0.562. The number of aromatic nitrogens is 2. The van der Waals surface area contributed by atoms with Crippen molar-refractivity contribution in [2.75, 3.05) is 7.11 Å². The first-order chi connectivity index (χ1) is 9.15. The molecule has 4 heteroatoms. The molecule has 1 aromatic heterocycles. The Kier molecular flexibility index (Phi) is 3.71. The van der Waals surface area contributed by atoms with Crippen LogP contribution in [0.1, 0.15) is 41.0 Å². The molecule has 0 bridgehead atoms. The van der Waals surface area contributed by atoms with E-state index in [1.165, 1.54) is 0 Å². The first kappa shape index (κ1) is 15.1. The van der Waals surface area contributed by atoms with Crippen molar-refractivity contribution in [3.8, 4) is 5.75 Å². The van der Waals surface area contributed by atoms with E-state index in [4.69, 9.17) is 17.0 Å². The average Bonchev–Trinajstić information content (AvgIpc) is 2.61. The summed E-state index contributed by atoms with van der Waals surface area (Å²) in [7, 11) is 1.68. The maximum Gasteiger partial charge on any atom is 0.178 e. The highest BCUT2D eigenvalue weighted by atomic mass is 32.1. The number of nitrogens with zero attached hydrogens (tertiary/aromatic N) is 1. The molecule has 0 aliphatic rings. The number of rotatable bonds is 3. The molecule has 2 aromatic rings. The van der Waals surface area contributed by atoms with E-state index in [2.05, 4.69) is 50.2 Å². The third-order valence-corrected chi connectivity index (χ3v) is 3.75. The predicted octanol–water partition coefficient (Wildman–Crippen LogP) is 4.88. The maximum absolute atomic E-state index is 5.55. The summed E-state index contributed by atoms with van der Waals surface area (Å²) in [5.74, 6) is 0.832. The average molecular weight is 292 g/mol. The van der Waals surface area contributed by atoms with Gasteiger partial charge in [0.05, 0.1) is 12.6 Å². The van der Waals surface area contributed by atoms with Crippen LogP contribution in [-0.4, -0.2) is 16.7 Å². The highest BCUT2D eigenvalue weighted by molar-refractivity contribution is 7.71. The molecular weight excluding hydrogens is 268 g/mol. The second-order valence-corrected chi connectivity index (χ2v) is 7.56. The van der Waals surface area contributed by atoms with Gasteiger partial charge in [0, 0.05) is 5.54 Å². The summed E-state index contributed by atoms with van der Waals surface area (Å²) in [4.78, 5) is 3.29. The molecule has 1 N–H and O–H groups in total. The number of ether oxygens (including phenoxy) is 1. The molecule has 2 rings (SSSR count). The number of hydrogen-bond donors (Lipinski definition) is 1. The summed E-state index contributed by atoms with van der Waals surface area (Å²) in [6.45, 7) is 11.2. The monoisotopic (exact) mass is 292 g/mol. The van der Waals surface area contributed by atoms with Crippen molar-refractivity contribution in [2.45, 2.75) is 46.6 Å². The molecule has 110 valence electrons. The van der Waals surface area contributed by atoms with Gasteiger partial charge < -0.3 is 14.3 Å². The van der Waals surface area contributed by atoms with Crippen molar-refractivity contribution in [1.29, 1.82) is 0 Å². The van der Waals surface area contributed by atoms with Crippen molar-refractivity contribution in [3.63, 3.8) is 0 Å². The lowest BCUT2D eigenvalue weighted by molar-refractivity contribution is 0.217. The van der Waals surface area contributed by atoms with Gasteiger partial charge in [-0.3, -0.25) is 0 Å². The minimum atomic E-state index is -0.0556. The number of hydrogen-bond acceptors (Lipinski definition) is 2. The minimum Gasteiger partial charge on any atom is -0.494 e. The highest BCUT2D eigenvalue weighted by Gasteiger charge is 2.29. The lowest BCUT2D eigenvalue weighted by atomic mass is 9.81. The van der Waals surface area contributed by atoms with Crippen LogP contribution >= 0.6 is 12.2 Å². The second-order valence-electron chi connectivity index (χ2n) is 7.17. The summed E-state index contributed by atoms with van der Waals surface area (Å²) in [5.41, 5.74) is 2.26. The molecule has 0 radical (unpaired) electrons. The van der Waals surface area contributed by atoms with Gasteiger partial charge in [0.1, 0.15) is 11.3 Å². The molecule has 3 nitrogen and oxygen atoms in total. The van der Waals surface area contributed by atoms with Crippen LogP contribution < -0.4 is 4.74 Å². The molecule has 0 fully saturated rings. The van der Waals surface area contributed by atoms with E-state index in [0.717, 1.165) is 28.0 Å². The van der Waals surface area contributed by atoms with Crippen LogP contribution in [-0.2, 0) is 5.54 Å². The summed E-state index contributed by atoms with van der Waals surface area (Å²) in [5, 5.41) is 0. The first-order valence-electron chi connectivity index (χ1n) is 6.94. The van der Waals surface area contributed by atoms with Gasteiger partial charge in [0.2, 0.25) is 0 Å². The number of methoxy groups -OCH3 is 1. The Balaban J connectivity index is 2.66. The van der Waals surface area contributed by atoms with Crippen molar-refractivity contribution in [1.82, 2.24) is 9.55 Å². The normalized spacial score (nSPS) is 12.9. The van der Waals surface area contributed by atoms with Gasteiger partial charge in [-0.2, -0.15) is 0 Å². The van der Waals surface area contributed by atoms with Gasteiger partial charge in [-0.1, -0.05) is 26.8 Å². The molecule has 0 spiro atoms. The Hall–Kier alpha value is -1.29. The van der Waals surface area contributed by atoms with E-state index in [1.807, 2.05) is 12.1 Å². The zero-order chi connectivity index (χ0) is 15.1. The summed E-state index contributed by atoms with van der Waals surface area (Å²) in [6.07, 6.45) is 1.04. The van der Waals surface area contributed by atoms with Gasteiger partial charge in [0.15, 0.2) is 4.77 Å². The number of para-hydroxylation sites is 1. The predicted molar refractivity (Wildman–Crippen MR) is 87.1 cm³/mol. The molecule has 0 atom stereocenters. The molecule has 0 aliphatic carbocycles. The van der Waals surface area contributed by atoms with Crippen LogP contribution in [0.2, 0.25) is 0 Å². The minimum absolute atomic E-state index is 0.0556. The van der Waals surface area contributed by atoms with Gasteiger partial charge in [-0.25, -0.2) is 0 Å². The standard InChI is InChI=1S/C16H24N2OS/c1-15(2,3)10-16(4,5)18-11-8-7-9-12(19-6)13(11)17-14(18)20/h7-9H,10H2,1-6H3,(H,17,20). The van der Waals surface area contributed by atoms with E-state index < -0.39 is 0 Å². The van der Waals surface area contributed by atoms with Crippen LogP contribution in [0.15, 0.2) is 18.2 Å². The number of imidazole rings is 1. The van der Waals surface area contributed by atoms with Gasteiger partial charge >= 0.3 is 0 Å². The third-order valence-electron chi connectivity index (χ3n) is 3.47. The molecule has 1 heterocycles. The number of aromatic amines is 1. The van der Waals surface area contributed by atoms with Gasteiger partial charge in [0.25, 0.3) is 0 Å². The van der Waals surface area contributed by atoms with Gasteiger partial charge in [-0.05, 0) is 50.0 Å². The molecule has 1 aromatic carbocycles. The Morgan fingerprint density at radius 3 is 2.40 bits per heavy atom. The second kappa shape index (κ2) is 4.92. The van der Waals surface area contributed by atoms with Crippen molar-refractivity contribution >= 4 is 23.3 Å². The quantitative estimate of drug-likeness (QED) is 0.817. The van der Waals surface area contributed by atoms with E-state index in [-0.39, 0.29) is 11.0 Å². The van der Waals surface area contributed by atoms with Crippen LogP contribution in [0.5, 0.6) is 5.75 Å². The summed E-state index contributed by atoms with van der Waals surface area (Å²) in [6, 6.07) is 6.05. The number of nitrogens with one attached hydrogen (secondary N) is 1.